The van der Waals surface area contributed by atoms with Crippen LogP contribution in [-0.2, 0) is 17.9 Å². The SMILES string of the molecule is Cc1cccc(-c2cnc(CNC(=O)OCc3ccccc3)o2)c1. The third-order valence-corrected chi connectivity index (χ3v) is 3.45. The second kappa shape index (κ2) is 7.46. The Morgan fingerprint density at radius 3 is 2.79 bits per heavy atom. The van der Waals surface area contributed by atoms with Crippen LogP contribution in [0.2, 0.25) is 0 Å². The second-order valence-corrected chi connectivity index (χ2v) is 5.40. The lowest BCUT2D eigenvalue weighted by molar-refractivity contribution is 0.138. The highest BCUT2D eigenvalue weighted by molar-refractivity contribution is 5.67. The number of carbonyl (C=O) groups is 1. The number of hydrogen-bond donors (Lipinski definition) is 1. The first kappa shape index (κ1) is 15.8. The summed E-state index contributed by atoms with van der Waals surface area (Å²) < 4.78 is 10.8. The van der Waals surface area contributed by atoms with Crippen molar-refractivity contribution in [1.29, 1.82) is 0 Å². The summed E-state index contributed by atoms with van der Waals surface area (Å²) >= 11 is 0. The number of oxazole rings is 1. The van der Waals surface area contributed by atoms with Crippen LogP contribution in [0.4, 0.5) is 4.79 Å². The maximum Gasteiger partial charge on any atom is 0.407 e. The van der Waals surface area contributed by atoms with E-state index in [2.05, 4.69) is 10.3 Å². The standard InChI is InChI=1S/C19H18N2O3/c1-14-6-5-9-16(10-14)17-11-20-18(24-17)12-21-19(22)23-13-15-7-3-2-4-8-15/h2-11H,12-13H2,1H3,(H,21,22). The first-order valence-corrected chi connectivity index (χ1v) is 7.67. The van der Waals surface area contributed by atoms with Gasteiger partial charge in [-0.3, -0.25) is 0 Å². The first-order chi connectivity index (χ1) is 11.7. The van der Waals surface area contributed by atoms with Gasteiger partial charge in [0.05, 0.1) is 12.7 Å². The van der Waals surface area contributed by atoms with Crippen molar-refractivity contribution in [3.63, 3.8) is 0 Å². The number of ether oxygens (including phenoxy) is 1. The molecule has 1 heterocycles. The maximum absolute atomic E-state index is 11.7. The number of aromatic nitrogens is 1. The monoisotopic (exact) mass is 322 g/mol. The Bertz CT molecular complexity index is 812. The van der Waals surface area contributed by atoms with E-state index in [-0.39, 0.29) is 13.2 Å². The fourth-order valence-electron chi connectivity index (χ4n) is 2.25. The van der Waals surface area contributed by atoms with E-state index < -0.39 is 6.09 Å². The summed E-state index contributed by atoms with van der Waals surface area (Å²) in [6.45, 7) is 2.43. The summed E-state index contributed by atoms with van der Waals surface area (Å²) in [5, 5.41) is 2.63. The number of rotatable bonds is 5. The molecule has 0 unspecified atom stereocenters. The second-order valence-electron chi connectivity index (χ2n) is 5.40. The van der Waals surface area contributed by atoms with Crippen molar-refractivity contribution in [3.05, 3.63) is 77.8 Å². The quantitative estimate of drug-likeness (QED) is 0.769. The number of carbonyl (C=O) groups excluding carboxylic acids is 1. The summed E-state index contributed by atoms with van der Waals surface area (Å²) in [7, 11) is 0. The minimum absolute atomic E-state index is 0.180. The van der Waals surface area contributed by atoms with E-state index in [0.717, 1.165) is 16.7 Å². The van der Waals surface area contributed by atoms with Crippen molar-refractivity contribution in [2.45, 2.75) is 20.1 Å². The highest BCUT2D eigenvalue weighted by atomic mass is 16.5. The Morgan fingerprint density at radius 2 is 2.00 bits per heavy atom. The van der Waals surface area contributed by atoms with Gasteiger partial charge in [0.25, 0.3) is 0 Å². The highest BCUT2D eigenvalue weighted by Gasteiger charge is 2.09. The number of benzene rings is 2. The molecule has 0 radical (unpaired) electrons. The molecule has 24 heavy (non-hydrogen) atoms. The third kappa shape index (κ3) is 4.23. The zero-order valence-electron chi connectivity index (χ0n) is 13.4. The number of hydrogen-bond acceptors (Lipinski definition) is 4. The van der Waals surface area contributed by atoms with Crippen molar-refractivity contribution in [2.75, 3.05) is 0 Å². The average Bonchev–Trinajstić information content (AvgIpc) is 3.08. The molecule has 122 valence electrons. The number of aryl methyl sites for hydroxylation is 1. The molecule has 0 spiro atoms. The zero-order chi connectivity index (χ0) is 16.8. The predicted molar refractivity (Wildman–Crippen MR) is 90.1 cm³/mol. The molecule has 1 N–H and O–H groups in total. The molecule has 0 bridgehead atoms. The van der Waals surface area contributed by atoms with E-state index in [9.17, 15) is 4.79 Å². The Labute approximate surface area is 140 Å². The lowest BCUT2D eigenvalue weighted by Gasteiger charge is -2.05. The third-order valence-electron chi connectivity index (χ3n) is 3.45. The topological polar surface area (TPSA) is 64.4 Å². The van der Waals surface area contributed by atoms with E-state index in [1.54, 1.807) is 6.20 Å². The predicted octanol–water partition coefficient (Wildman–Crippen LogP) is 4.08. The van der Waals surface area contributed by atoms with Gasteiger partial charge in [-0.1, -0.05) is 54.1 Å². The molecule has 1 aromatic heterocycles. The molecule has 0 aliphatic carbocycles. The van der Waals surface area contributed by atoms with Crippen molar-refractivity contribution >= 4 is 6.09 Å². The normalized spacial score (nSPS) is 10.4. The molecule has 0 aliphatic heterocycles. The minimum atomic E-state index is -0.505. The van der Waals surface area contributed by atoms with E-state index in [1.807, 2.05) is 61.5 Å². The molecule has 3 aromatic rings. The fourth-order valence-corrected chi connectivity index (χ4v) is 2.25. The summed E-state index contributed by atoms with van der Waals surface area (Å²) in [6.07, 6.45) is 1.15. The summed E-state index contributed by atoms with van der Waals surface area (Å²) in [5.41, 5.74) is 3.04. The molecule has 2 aromatic carbocycles. The first-order valence-electron chi connectivity index (χ1n) is 7.67. The summed E-state index contributed by atoms with van der Waals surface area (Å²) in [6, 6.07) is 17.5. The van der Waals surface area contributed by atoms with Gasteiger partial charge in [-0.15, -0.1) is 0 Å². The van der Waals surface area contributed by atoms with Crippen LogP contribution in [0.1, 0.15) is 17.0 Å². The maximum atomic E-state index is 11.7. The van der Waals surface area contributed by atoms with Crippen LogP contribution in [-0.4, -0.2) is 11.1 Å². The van der Waals surface area contributed by atoms with Crippen LogP contribution in [0.3, 0.4) is 0 Å². The van der Waals surface area contributed by atoms with Gasteiger partial charge in [0, 0.05) is 5.56 Å². The van der Waals surface area contributed by atoms with Gasteiger partial charge in [-0.05, 0) is 18.6 Å². The van der Waals surface area contributed by atoms with Crippen LogP contribution in [0.15, 0.2) is 65.2 Å². The molecule has 0 saturated carbocycles. The lowest BCUT2D eigenvalue weighted by Crippen LogP contribution is -2.23. The molecule has 5 heteroatoms. The van der Waals surface area contributed by atoms with Crippen molar-refractivity contribution in [1.82, 2.24) is 10.3 Å². The smallest absolute Gasteiger partial charge is 0.407 e. The van der Waals surface area contributed by atoms with Crippen LogP contribution in [0, 0.1) is 6.92 Å². The van der Waals surface area contributed by atoms with E-state index in [0.29, 0.717) is 11.7 Å². The lowest BCUT2D eigenvalue weighted by atomic mass is 10.1. The molecule has 0 fully saturated rings. The summed E-state index contributed by atoms with van der Waals surface area (Å²) in [4.78, 5) is 15.9. The Kier molecular flexibility index (Phi) is 4.91. The number of amides is 1. The molecule has 0 saturated heterocycles. The largest absolute Gasteiger partial charge is 0.445 e. The minimum Gasteiger partial charge on any atom is -0.445 e. The van der Waals surface area contributed by atoms with Gasteiger partial charge >= 0.3 is 6.09 Å². The molecule has 0 atom stereocenters. The number of nitrogens with one attached hydrogen (secondary N) is 1. The fraction of sp³-hybridized carbons (Fsp3) is 0.158. The van der Waals surface area contributed by atoms with Gasteiger partial charge in [0.2, 0.25) is 5.89 Å². The molecular formula is C19H18N2O3. The number of alkyl carbamates (subject to hydrolysis) is 1. The Balaban J connectivity index is 1.51. The van der Waals surface area contributed by atoms with Crippen LogP contribution in [0.25, 0.3) is 11.3 Å². The van der Waals surface area contributed by atoms with Crippen LogP contribution < -0.4 is 5.32 Å². The summed E-state index contributed by atoms with van der Waals surface area (Å²) in [5.74, 6) is 1.11. The Hall–Kier alpha value is -3.08. The number of nitrogens with zero attached hydrogens (tertiary/aromatic N) is 1. The van der Waals surface area contributed by atoms with Crippen molar-refractivity contribution < 1.29 is 13.9 Å². The van der Waals surface area contributed by atoms with E-state index in [1.165, 1.54) is 0 Å². The molecular weight excluding hydrogens is 304 g/mol. The Morgan fingerprint density at radius 1 is 1.17 bits per heavy atom. The van der Waals surface area contributed by atoms with Gasteiger partial charge in [0.1, 0.15) is 6.61 Å². The van der Waals surface area contributed by atoms with Crippen LogP contribution >= 0.6 is 0 Å². The molecule has 1 amide bonds. The van der Waals surface area contributed by atoms with Crippen molar-refractivity contribution in [2.24, 2.45) is 0 Å². The van der Waals surface area contributed by atoms with Crippen molar-refractivity contribution in [3.8, 4) is 11.3 Å². The molecule has 0 aliphatic rings. The van der Waals surface area contributed by atoms with Gasteiger partial charge in [0.15, 0.2) is 5.76 Å². The van der Waals surface area contributed by atoms with Gasteiger partial charge in [-0.2, -0.15) is 0 Å². The zero-order valence-corrected chi connectivity index (χ0v) is 13.4. The molecule has 3 rings (SSSR count). The van der Waals surface area contributed by atoms with Crippen LogP contribution in [0.5, 0.6) is 0 Å². The van der Waals surface area contributed by atoms with E-state index >= 15 is 0 Å². The highest BCUT2D eigenvalue weighted by Crippen LogP contribution is 2.21. The van der Waals surface area contributed by atoms with Gasteiger partial charge in [-0.25, -0.2) is 9.78 Å². The average molecular weight is 322 g/mol. The molecule has 5 nitrogen and oxygen atoms in total. The van der Waals surface area contributed by atoms with E-state index in [4.69, 9.17) is 9.15 Å². The van der Waals surface area contributed by atoms with Gasteiger partial charge < -0.3 is 14.5 Å².